The van der Waals surface area contributed by atoms with Crippen LogP contribution in [0.15, 0.2) is 0 Å². The van der Waals surface area contributed by atoms with Crippen molar-refractivity contribution in [2.24, 2.45) is 0 Å². The summed E-state index contributed by atoms with van der Waals surface area (Å²) >= 11 is 0. The topological polar surface area (TPSA) is 32.3 Å². The van der Waals surface area contributed by atoms with Crippen molar-refractivity contribution >= 4 is 0 Å². The van der Waals surface area contributed by atoms with Gasteiger partial charge >= 0.3 is 0 Å². The van der Waals surface area contributed by atoms with E-state index >= 15 is 0 Å². The molecule has 50 valence electrons. The summed E-state index contributed by atoms with van der Waals surface area (Å²) in [4.78, 5) is 0. The van der Waals surface area contributed by atoms with Crippen molar-refractivity contribution in [2.45, 2.75) is 26.3 Å². The molecule has 0 fully saturated rings. The highest BCUT2D eigenvalue weighted by Gasteiger charge is 1.92. The molecular weight excluding hydrogens is 102 g/mol. The normalized spacial score (nSPS) is 24.9. The molecule has 0 saturated heterocycles. The van der Waals surface area contributed by atoms with Crippen LogP contribution >= 0.6 is 0 Å². The van der Waals surface area contributed by atoms with Crippen LogP contribution in [0.4, 0.5) is 0 Å². The Balaban J connectivity index is 4.22. The lowest BCUT2D eigenvalue weighted by Crippen LogP contribution is -2.27. The summed E-state index contributed by atoms with van der Waals surface area (Å²) in [6.07, 6.45) is 0.676. The van der Waals surface area contributed by atoms with Crippen LogP contribution in [-0.2, 0) is 0 Å². The predicted octanol–water partition coefficient (Wildman–Crippen LogP) is 0.367. The third kappa shape index (κ3) is 4.09. The summed E-state index contributed by atoms with van der Waals surface area (Å²) in [6, 6.07) is -0.165. The second kappa shape index (κ2) is 5.06. The van der Waals surface area contributed by atoms with Gasteiger partial charge in [-0.05, 0) is 13.3 Å². The fraction of sp³-hybridized carbons (Fsp3) is 1.00. The van der Waals surface area contributed by atoms with Crippen LogP contribution in [0.1, 0.15) is 25.8 Å². The van der Waals surface area contributed by atoms with Crippen LogP contribution in [0.2, 0.25) is 0 Å². The van der Waals surface area contributed by atoms with E-state index in [0.29, 0.717) is 6.42 Å². The first-order valence-electron chi connectivity index (χ1n) is 4.70. The van der Waals surface area contributed by atoms with Gasteiger partial charge in [-0.2, -0.15) is 0 Å². The van der Waals surface area contributed by atoms with Crippen molar-refractivity contribution in [3.05, 3.63) is 0 Å². The molecule has 0 heterocycles. The van der Waals surface area contributed by atoms with E-state index in [4.69, 9.17) is 10.6 Å². The number of rotatable bonds is 4. The van der Waals surface area contributed by atoms with E-state index in [1.54, 1.807) is 6.92 Å². The number of aliphatic hydroxyl groups is 1. The van der Waals surface area contributed by atoms with E-state index in [0.717, 1.165) is 0 Å². The zero-order valence-electron chi connectivity index (χ0n) is 9.23. The SMILES string of the molecule is [2H]C([2H])(O)C([2H])([2H])NC(C)CC. The fourth-order valence-corrected chi connectivity index (χ4v) is 0.258. The molecule has 0 aliphatic rings. The lowest BCUT2D eigenvalue weighted by atomic mass is 10.3. The molecule has 1 atom stereocenters. The smallest absolute Gasteiger partial charge is 0.0577 e. The van der Waals surface area contributed by atoms with Gasteiger partial charge in [-0.15, -0.1) is 0 Å². The van der Waals surface area contributed by atoms with E-state index in [1.165, 1.54) is 0 Å². The summed E-state index contributed by atoms with van der Waals surface area (Å²) < 4.78 is 27.9. The largest absolute Gasteiger partial charge is 0.395 e. The summed E-state index contributed by atoms with van der Waals surface area (Å²) in [5, 5.41) is 11.1. The molecular formula is C6H15NO. The molecule has 0 aliphatic heterocycles. The van der Waals surface area contributed by atoms with Gasteiger partial charge in [0.15, 0.2) is 0 Å². The molecule has 0 rings (SSSR count). The molecule has 0 aromatic rings. The second-order valence-corrected chi connectivity index (χ2v) is 1.69. The van der Waals surface area contributed by atoms with Crippen molar-refractivity contribution in [1.29, 1.82) is 0 Å². The second-order valence-electron chi connectivity index (χ2n) is 1.69. The Bertz CT molecular complexity index is 145. The molecule has 0 aromatic heterocycles. The average Bonchev–Trinajstić information content (AvgIpc) is 1.84. The Morgan fingerprint density at radius 3 is 2.88 bits per heavy atom. The van der Waals surface area contributed by atoms with E-state index in [9.17, 15) is 0 Å². The van der Waals surface area contributed by atoms with Crippen LogP contribution in [-0.4, -0.2) is 24.2 Å². The molecule has 0 aromatic carbocycles. The molecule has 0 radical (unpaired) electrons. The van der Waals surface area contributed by atoms with E-state index in [-0.39, 0.29) is 6.04 Å². The molecule has 0 spiro atoms. The van der Waals surface area contributed by atoms with Gasteiger partial charge in [-0.3, -0.25) is 0 Å². The monoisotopic (exact) mass is 121 g/mol. The maximum Gasteiger partial charge on any atom is 0.0577 e. The summed E-state index contributed by atoms with van der Waals surface area (Å²) in [5.41, 5.74) is 0. The van der Waals surface area contributed by atoms with Gasteiger partial charge in [0.1, 0.15) is 0 Å². The van der Waals surface area contributed by atoms with Crippen molar-refractivity contribution < 1.29 is 10.6 Å². The van der Waals surface area contributed by atoms with Crippen molar-refractivity contribution in [2.75, 3.05) is 13.1 Å². The van der Waals surface area contributed by atoms with Crippen LogP contribution < -0.4 is 5.32 Å². The Hall–Kier alpha value is -0.0800. The highest BCUT2D eigenvalue weighted by atomic mass is 16.3. The van der Waals surface area contributed by atoms with Crippen molar-refractivity contribution in [3.63, 3.8) is 0 Å². The van der Waals surface area contributed by atoms with Crippen LogP contribution in [0, 0.1) is 0 Å². The fourth-order valence-electron chi connectivity index (χ4n) is 0.258. The Morgan fingerprint density at radius 2 is 2.50 bits per heavy atom. The molecule has 1 unspecified atom stereocenters. The highest BCUT2D eigenvalue weighted by molar-refractivity contribution is 4.55. The molecule has 0 amide bonds. The van der Waals surface area contributed by atoms with Gasteiger partial charge in [0.2, 0.25) is 0 Å². The van der Waals surface area contributed by atoms with Crippen molar-refractivity contribution in [1.82, 2.24) is 5.32 Å². The lowest BCUT2D eigenvalue weighted by molar-refractivity contribution is 0.285. The molecule has 0 aliphatic carbocycles. The molecule has 2 N–H and O–H groups in total. The minimum atomic E-state index is -2.85. The summed E-state index contributed by atoms with van der Waals surface area (Å²) in [5.74, 6) is 0. The number of hydrogen-bond donors (Lipinski definition) is 2. The van der Waals surface area contributed by atoms with Crippen molar-refractivity contribution in [3.8, 4) is 0 Å². The lowest BCUT2D eigenvalue weighted by Gasteiger charge is -2.07. The molecule has 2 nitrogen and oxygen atoms in total. The first kappa shape index (κ1) is 3.18. The van der Waals surface area contributed by atoms with Gasteiger partial charge < -0.3 is 10.4 Å². The maximum absolute atomic E-state index is 8.79. The average molecular weight is 121 g/mol. The third-order valence-corrected chi connectivity index (χ3v) is 0.987. The minimum Gasteiger partial charge on any atom is -0.395 e. The first-order valence-corrected chi connectivity index (χ1v) is 2.70. The van der Waals surface area contributed by atoms with Gasteiger partial charge in [-0.1, -0.05) is 6.92 Å². The molecule has 8 heavy (non-hydrogen) atoms. The van der Waals surface area contributed by atoms with Crippen LogP contribution in [0.5, 0.6) is 0 Å². The van der Waals surface area contributed by atoms with Gasteiger partial charge in [-0.25, -0.2) is 0 Å². The Labute approximate surface area is 56.5 Å². The third-order valence-electron chi connectivity index (χ3n) is 0.987. The van der Waals surface area contributed by atoms with Gasteiger partial charge in [0, 0.05) is 15.3 Å². The zero-order valence-corrected chi connectivity index (χ0v) is 5.23. The van der Waals surface area contributed by atoms with Gasteiger partial charge in [0.05, 0.1) is 9.30 Å². The van der Waals surface area contributed by atoms with E-state index < -0.39 is 13.1 Å². The zero-order chi connectivity index (χ0) is 9.99. The molecule has 2 heteroatoms. The Kier molecular flexibility index (Phi) is 2.01. The first-order chi connectivity index (χ1) is 5.20. The Morgan fingerprint density at radius 1 is 1.88 bits per heavy atom. The quantitative estimate of drug-likeness (QED) is 0.563. The molecule has 0 saturated carbocycles. The van der Waals surface area contributed by atoms with Gasteiger partial charge in [0.25, 0.3) is 0 Å². The summed E-state index contributed by atoms with van der Waals surface area (Å²) in [7, 11) is 0. The van der Waals surface area contributed by atoms with E-state index in [1.807, 2.05) is 6.92 Å². The summed E-state index contributed by atoms with van der Waals surface area (Å²) in [6.45, 7) is -1.68. The number of nitrogens with one attached hydrogen (secondary N) is 1. The standard InChI is InChI=1S/C6H15NO/c1-3-6(2)7-4-5-8/h6-8H,3-5H2,1-2H3/i4D2,5D2. The highest BCUT2D eigenvalue weighted by Crippen LogP contribution is 1.84. The van der Waals surface area contributed by atoms with Crippen LogP contribution in [0.25, 0.3) is 0 Å². The van der Waals surface area contributed by atoms with Crippen LogP contribution in [0.3, 0.4) is 0 Å². The number of hydrogen-bond acceptors (Lipinski definition) is 2. The van der Waals surface area contributed by atoms with E-state index in [2.05, 4.69) is 5.32 Å². The maximum atomic E-state index is 8.79. The molecule has 0 bridgehead atoms. The minimum absolute atomic E-state index is 0.165. The predicted molar refractivity (Wildman–Crippen MR) is 34.8 cm³/mol.